The summed E-state index contributed by atoms with van der Waals surface area (Å²) in [6.07, 6.45) is 5.43. The van der Waals surface area contributed by atoms with Crippen LogP contribution in [-0.4, -0.2) is 50.0 Å². The molecule has 3 aliphatic rings. The minimum Gasteiger partial charge on any atom is -0.229 e. The molecule has 0 amide bonds. The second kappa shape index (κ2) is 3.93. The predicted molar refractivity (Wildman–Crippen MR) is 68.5 cm³/mol. The Morgan fingerprint density at radius 1 is 0.833 bits per heavy atom. The molecular weight excluding hydrogens is 274 g/mol. The summed E-state index contributed by atoms with van der Waals surface area (Å²) in [4.78, 5) is 0. The van der Waals surface area contributed by atoms with Gasteiger partial charge < -0.3 is 0 Å². The standard InChI is InChI=1S/C11H19NO4S2/c1-17(13,14)11-6-8-2-3-9(7-11)12(8)18(15,16)10-4-5-10/h8-11H,2-7H2,1H3. The molecule has 2 saturated heterocycles. The molecule has 0 aromatic heterocycles. The van der Waals surface area contributed by atoms with Gasteiger partial charge in [-0.05, 0) is 38.5 Å². The summed E-state index contributed by atoms with van der Waals surface area (Å²) >= 11 is 0. The zero-order valence-electron chi connectivity index (χ0n) is 10.4. The number of hydrogen-bond donors (Lipinski definition) is 0. The molecule has 104 valence electrons. The fourth-order valence-electron chi connectivity index (χ4n) is 3.39. The normalized spacial score (nSPS) is 37.9. The fourth-order valence-corrected chi connectivity index (χ4v) is 6.82. The van der Waals surface area contributed by atoms with E-state index in [9.17, 15) is 16.8 Å². The lowest BCUT2D eigenvalue weighted by Crippen LogP contribution is -2.50. The van der Waals surface area contributed by atoms with Crippen molar-refractivity contribution in [2.24, 2.45) is 0 Å². The van der Waals surface area contributed by atoms with Gasteiger partial charge >= 0.3 is 0 Å². The zero-order chi connectivity index (χ0) is 13.1. The SMILES string of the molecule is CS(=O)(=O)C1CC2CCC(C1)N2S(=O)(=O)C1CC1. The molecular formula is C11H19NO4S2. The Labute approximate surface area is 109 Å². The monoisotopic (exact) mass is 293 g/mol. The van der Waals surface area contributed by atoms with Crippen molar-refractivity contribution in [3.63, 3.8) is 0 Å². The van der Waals surface area contributed by atoms with E-state index in [1.807, 2.05) is 0 Å². The maximum atomic E-state index is 12.3. The van der Waals surface area contributed by atoms with Gasteiger partial charge in [-0.25, -0.2) is 16.8 Å². The van der Waals surface area contributed by atoms with Crippen LogP contribution in [0, 0.1) is 0 Å². The molecule has 3 rings (SSSR count). The molecule has 0 N–H and O–H groups in total. The third-order valence-corrected chi connectivity index (χ3v) is 8.56. The zero-order valence-corrected chi connectivity index (χ0v) is 12.1. The number of piperidine rings is 1. The second-order valence-electron chi connectivity index (χ2n) is 5.88. The summed E-state index contributed by atoms with van der Waals surface area (Å²) in [7, 11) is -6.20. The van der Waals surface area contributed by atoms with Gasteiger partial charge in [-0.3, -0.25) is 0 Å². The third kappa shape index (κ3) is 2.00. The van der Waals surface area contributed by atoms with Crippen LogP contribution >= 0.6 is 0 Å². The lowest BCUT2D eigenvalue weighted by atomic mass is 10.1. The van der Waals surface area contributed by atoms with Gasteiger partial charge in [0, 0.05) is 18.3 Å². The van der Waals surface area contributed by atoms with Crippen molar-refractivity contribution in [2.75, 3.05) is 6.26 Å². The van der Waals surface area contributed by atoms with E-state index in [4.69, 9.17) is 0 Å². The van der Waals surface area contributed by atoms with E-state index < -0.39 is 19.9 Å². The highest BCUT2D eigenvalue weighted by molar-refractivity contribution is 7.91. The van der Waals surface area contributed by atoms with Gasteiger partial charge in [0.1, 0.15) is 9.84 Å². The van der Waals surface area contributed by atoms with Crippen LogP contribution in [0.1, 0.15) is 38.5 Å². The van der Waals surface area contributed by atoms with E-state index in [1.165, 1.54) is 6.26 Å². The first-order valence-corrected chi connectivity index (χ1v) is 9.97. The molecule has 2 heterocycles. The van der Waals surface area contributed by atoms with E-state index in [0.717, 1.165) is 25.7 Å². The largest absolute Gasteiger partial charge is 0.229 e. The number of rotatable bonds is 3. The average Bonchev–Trinajstić information content (AvgIpc) is 3.04. The van der Waals surface area contributed by atoms with Gasteiger partial charge in [-0.1, -0.05) is 0 Å². The van der Waals surface area contributed by atoms with Crippen molar-refractivity contribution >= 4 is 19.9 Å². The summed E-state index contributed by atoms with van der Waals surface area (Å²) < 4.78 is 49.6. The van der Waals surface area contributed by atoms with Crippen LogP contribution in [0.15, 0.2) is 0 Å². The van der Waals surface area contributed by atoms with Crippen LogP contribution in [0.5, 0.6) is 0 Å². The first-order chi connectivity index (χ1) is 8.30. The molecule has 0 spiro atoms. The van der Waals surface area contributed by atoms with Crippen LogP contribution in [0.4, 0.5) is 0 Å². The molecule has 1 saturated carbocycles. The van der Waals surface area contributed by atoms with Crippen molar-refractivity contribution in [1.82, 2.24) is 4.31 Å². The topological polar surface area (TPSA) is 71.5 Å². The minimum atomic E-state index is -3.16. The number of nitrogens with zero attached hydrogens (tertiary/aromatic N) is 1. The second-order valence-corrected chi connectivity index (χ2v) is 10.3. The van der Waals surface area contributed by atoms with Gasteiger partial charge in [0.2, 0.25) is 10.0 Å². The van der Waals surface area contributed by atoms with Gasteiger partial charge in [-0.2, -0.15) is 4.31 Å². The average molecular weight is 293 g/mol. The molecule has 0 aromatic carbocycles. The highest BCUT2D eigenvalue weighted by Gasteiger charge is 2.52. The molecule has 2 unspecified atom stereocenters. The summed E-state index contributed by atoms with van der Waals surface area (Å²) in [6, 6.07) is -0.150. The Kier molecular flexibility index (Phi) is 2.81. The van der Waals surface area contributed by atoms with E-state index in [-0.39, 0.29) is 22.6 Å². The molecule has 2 bridgehead atoms. The number of sulfonamides is 1. The minimum absolute atomic E-state index is 0.0749. The lowest BCUT2D eigenvalue weighted by molar-refractivity contribution is 0.249. The van der Waals surface area contributed by atoms with Crippen LogP contribution < -0.4 is 0 Å². The maximum absolute atomic E-state index is 12.3. The van der Waals surface area contributed by atoms with Crippen molar-refractivity contribution in [3.05, 3.63) is 0 Å². The van der Waals surface area contributed by atoms with Crippen molar-refractivity contribution in [3.8, 4) is 0 Å². The Morgan fingerprint density at radius 3 is 1.72 bits per heavy atom. The molecule has 1 aliphatic carbocycles. The van der Waals surface area contributed by atoms with E-state index >= 15 is 0 Å². The molecule has 18 heavy (non-hydrogen) atoms. The molecule has 2 aliphatic heterocycles. The Hall–Kier alpha value is -0.140. The van der Waals surface area contributed by atoms with Crippen LogP contribution in [0.25, 0.3) is 0 Å². The van der Waals surface area contributed by atoms with E-state index in [0.29, 0.717) is 12.8 Å². The van der Waals surface area contributed by atoms with E-state index in [2.05, 4.69) is 0 Å². The number of sulfone groups is 1. The number of hydrogen-bond acceptors (Lipinski definition) is 4. The maximum Gasteiger partial charge on any atom is 0.217 e. The van der Waals surface area contributed by atoms with Crippen LogP contribution in [-0.2, 0) is 19.9 Å². The van der Waals surface area contributed by atoms with Crippen molar-refractivity contribution < 1.29 is 16.8 Å². The summed E-state index contributed by atoms with van der Waals surface area (Å²) in [5.41, 5.74) is 0. The fraction of sp³-hybridized carbons (Fsp3) is 1.00. The molecule has 0 aromatic rings. The molecule has 2 atom stereocenters. The van der Waals surface area contributed by atoms with Crippen molar-refractivity contribution in [2.45, 2.75) is 61.1 Å². The molecule has 7 heteroatoms. The third-order valence-electron chi connectivity index (χ3n) is 4.47. The van der Waals surface area contributed by atoms with Gasteiger partial charge in [0.15, 0.2) is 0 Å². The van der Waals surface area contributed by atoms with Gasteiger partial charge in [0.25, 0.3) is 0 Å². The highest BCUT2D eigenvalue weighted by atomic mass is 32.2. The first-order valence-electron chi connectivity index (χ1n) is 6.51. The van der Waals surface area contributed by atoms with E-state index in [1.54, 1.807) is 4.31 Å². The Balaban J connectivity index is 1.86. The van der Waals surface area contributed by atoms with Gasteiger partial charge in [0.05, 0.1) is 10.5 Å². The molecule has 0 radical (unpaired) electrons. The van der Waals surface area contributed by atoms with Crippen LogP contribution in [0.3, 0.4) is 0 Å². The lowest BCUT2D eigenvalue weighted by Gasteiger charge is -2.37. The quantitative estimate of drug-likeness (QED) is 0.760. The number of fused-ring (bicyclic) bond motifs is 2. The first kappa shape index (κ1) is 12.9. The summed E-state index contributed by atoms with van der Waals surface area (Å²) in [5, 5.41) is -0.531. The smallest absolute Gasteiger partial charge is 0.217 e. The highest BCUT2D eigenvalue weighted by Crippen LogP contribution is 2.44. The molecule has 5 nitrogen and oxygen atoms in total. The van der Waals surface area contributed by atoms with Gasteiger partial charge in [-0.15, -0.1) is 0 Å². The summed E-state index contributed by atoms with van der Waals surface area (Å²) in [6.45, 7) is 0. The Morgan fingerprint density at radius 2 is 1.33 bits per heavy atom. The Bertz CT molecular complexity index is 536. The van der Waals surface area contributed by atoms with Crippen LogP contribution in [0.2, 0.25) is 0 Å². The summed E-state index contributed by atoms with van der Waals surface area (Å²) in [5.74, 6) is 0. The molecule has 3 fully saturated rings. The van der Waals surface area contributed by atoms with Crippen molar-refractivity contribution in [1.29, 1.82) is 0 Å². The predicted octanol–water partition coefficient (Wildman–Crippen LogP) is 0.519.